The standard InChI is InChI=1S/C11H18N2O/c1-8(2)9-6-11(14-5)10(7-12-9)13(3)4/h6-8H,1-5H3. The minimum Gasteiger partial charge on any atom is -0.494 e. The number of pyridine rings is 1. The SMILES string of the molecule is COc1cc(C(C)C)ncc1N(C)C. The fourth-order valence-electron chi connectivity index (χ4n) is 1.26. The minimum atomic E-state index is 0.431. The van der Waals surface area contributed by atoms with E-state index in [2.05, 4.69) is 18.8 Å². The van der Waals surface area contributed by atoms with Gasteiger partial charge >= 0.3 is 0 Å². The van der Waals surface area contributed by atoms with E-state index in [1.54, 1.807) is 7.11 Å². The van der Waals surface area contributed by atoms with Crippen LogP contribution in [0, 0.1) is 0 Å². The van der Waals surface area contributed by atoms with Gasteiger partial charge in [0.1, 0.15) is 5.75 Å². The molecule has 0 atom stereocenters. The maximum Gasteiger partial charge on any atom is 0.145 e. The molecule has 0 saturated carbocycles. The Hall–Kier alpha value is -1.25. The Bertz CT molecular complexity index is 308. The highest BCUT2D eigenvalue weighted by molar-refractivity contribution is 5.56. The average Bonchev–Trinajstić information content (AvgIpc) is 2.16. The summed E-state index contributed by atoms with van der Waals surface area (Å²) >= 11 is 0. The maximum absolute atomic E-state index is 5.32. The smallest absolute Gasteiger partial charge is 0.145 e. The second-order valence-corrected chi connectivity index (χ2v) is 3.83. The van der Waals surface area contributed by atoms with Crippen LogP contribution in [0.4, 0.5) is 5.69 Å². The Labute approximate surface area is 85.7 Å². The van der Waals surface area contributed by atoms with Crippen molar-refractivity contribution in [1.29, 1.82) is 0 Å². The van der Waals surface area contributed by atoms with E-state index < -0.39 is 0 Å². The van der Waals surface area contributed by atoms with Crippen LogP contribution in [0.1, 0.15) is 25.5 Å². The van der Waals surface area contributed by atoms with Crippen LogP contribution in [0.5, 0.6) is 5.75 Å². The second kappa shape index (κ2) is 4.31. The topological polar surface area (TPSA) is 25.4 Å². The predicted molar refractivity (Wildman–Crippen MR) is 59.2 cm³/mol. The van der Waals surface area contributed by atoms with Crippen LogP contribution >= 0.6 is 0 Å². The Balaban J connectivity index is 3.11. The van der Waals surface area contributed by atoms with Gasteiger partial charge in [-0.1, -0.05) is 13.8 Å². The predicted octanol–water partition coefficient (Wildman–Crippen LogP) is 2.28. The fourth-order valence-corrected chi connectivity index (χ4v) is 1.26. The summed E-state index contributed by atoms with van der Waals surface area (Å²) < 4.78 is 5.32. The summed E-state index contributed by atoms with van der Waals surface area (Å²) in [6.45, 7) is 4.24. The minimum absolute atomic E-state index is 0.431. The zero-order chi connectivity index (χ0) is 10.7. The van der Waals surface area contributed by atoms with E-state index in [4.69, 9.17) is 4.74 Å². The Morgan fingerprint density at radius 1 is 1.36 bits per heavy atom. The van der Waals surface area contributed by atoms with Crippen molar-refractivity contribution in [1.82, 2.24) is 4.98 Å². The Morgan fingerprint density at radius 3 is 2.43 bits per heavy atom. The first-order valence-corrected chi connectivity index (χ1v) is 4.77. The van der Waals surface area contributed by atoms with E-state index in [9.17, 15) is 0 Å². The van der Waals surface area contributed by atoms with Gasteiger partial charge < -0.3 is 9.64 Å². The summed E-state index contributed by atoms with van der Waals surface area (Å²) in [7, 11) is 5.65. The van der Waals surface area contributed by atoms with Crippen LogP contribution in [0.3, 0.4) is 0 Å². The molecule has 1 aromatic heterocycles. The van der Waals surface area contributed by atoms with Gasteiger partial charge in [-0.15, -0.1) is 0 Å². The Morgan fingerprint density at radius 2 is 2.00 bits per heavy atom. The van der Waals surface area contributed by atoms with E-state index in [0.717, 1.165) is 17.1 Å². The number of rotatable bonds is 3. The molecule has 0 spiro atoms. The molecule has 0 aliphatic carbocycles. The van der Waals surface area contributed by atoms with E-state index in [1.165, 1.54) is 0 Å². The molecule has 0 aliphatic rings. The molecule has 0 fully saturated rings. The zero-order valence-electron chi connectivity index (χ0n) is 9.53. The zero-order valence-corrected chi connectivity index (χ0v) is 9.53. The summed E-state index contributed by atoms with van der Waals surface area (Å²) in [5, 5.41) is 0. The number of methoxy groups -OCH3 is 1. The monoisotopic (exact) mass is 194 g/mol. The number of ether oxygens (including phenoxy) is 1. The normalized spacial score (nSPS) is 10.4. The Kier molecular flexibility index (Phi) is 3.33. The molecule has 1 heterocycles. The van der Waals surface area contributed by atoms with Crippen molar-refractivity contribution in [2.45, 2.75) is 19.8 Å². The highest BCUT2D eigenvalue weighted by Gasteiger charge is 2.09. The van der Waals surface area contributed by atoms with Crippen LogP contribution in [0.25, 0.3) is 0 Å². The molecule has 78 valence electrons. The quantitative estimate of drug-likeness (QED) is 0.738. The number of anilines is 1. The maximum atomic E-state index is 5.32. The van der Waals surface area contributed by atoms with Crippen LogP contribution in [-0.2, 0) is 0 Å². The molecule has 14 heavy (non-hydrogen) atoms. The van der Waals surface area contributed by atoms with Gasteiger partial charge in [0.25, 0.3) is 0 Å². The number of aromatic nitrogens is 1. The molecule has 3 heteroatoms. The van der Waals surface area contributed by atoms with Crippen molar-refractivity contribution in [3.63, 3.8) is 0 Å². The molecule has 0 saturated heterocycles. The molecule has 0 N–H and O–H groups in total. The summed E-state index contributed by atoms with van der Waals surface area (Å²) in [5.74, 6) is 1.31. The lowest BCUT2D eigenvalue weighted by Crippen LogP contribution is -2.11. The van der Waals surface area contributed by atoms with Gasteiger partial charge in [0.05, 0.1) is 19.0 Å². The van der Waals surface area contributed by atoms with Gasteiger partial charge in [-0.2, -0.15) is 0 Å². The molecule has 0 unspecified atom stereocenters. The van der Waals surface area contributed by atoms with Crippen molar-refractivity contribution in [3.8, 4) is 5.75 Å². The third kappa shape index (κ3) is 2.16. The molecule has 0 aromatic carbocycles. The van der Waals surface area contributed by atoms with Crippen molar-refractivity contribution in [2.75, 3.05) is 26.1 Å². The number of hydrogen-bond donors (Lipinski definition) is 0. The summed E-state index contributed by atoms with van der Waals surface area (Å²) in [4.78, 5) is 6.38. The first-order valence-electron chi connectivity index (χ1n) is 4.77. The molecular formula is C11H18N2O. The first-order chi connectivity index (χ1) is 6.56. The molecule has 3 nitrogen and oxygen atoms in total. The van der Waals surface area contributed by atoms with Crippen molar-refractivity contribution in [2.24, 2.45) is 0 Å². The molecule has 1 rings (SSSR count). The van der Waals surface area contributed by atoms with Crippen LogP contribution in [0.15, 0.2) is 12.3 Å². The van der Waals surface area contributed by atoms with Crippen LogP contribution in [-0.4, -0.2) is 26.2 Å². The lowest BCUT2D eigenvalue weighted by Gasteiger charge is -2.17. The van der Waals surface area contributed by atoms with Gasteiger partial charge in [-0.05, 0) is 5.92 Å². The van der Waals surface area contributed by atoms with E-state index >= 15 is 0 Å². The lowest BCUT2D eigenvalue weighted by molar-refractivity contribution is 0.413. The average molecular weight is 194 g/mol. The fraction of sp³-hybridized carbons (Fsp3) is 0.545. The van der Waals surface area contributed by atoms with E-state index in [1.807, 2.05) is 31.3 Å². The van der Waals surface area contributed by atoms with Crippen molar-refractivity contribution >= 4 is 5.69 Å². The van der Waals surface area contributed by atoms with Gasteiger partial charge in [0.15, 0.2) is 0 Å². The van der Waals surface area contributed by atoms with Crippen molar-refractivity contribution in [3.05, 3.63) is 18.0 Å². The molecule has 0 aliphatic heterocycles. The molecular weight excluding hydrogens is 176 g/mol. The first kappa shape index (κ1) is 10.8. The van der Waals surface area contributed by atoms with Crippen LogP contribution in [0.2, 0.25) is 0 Å². The molecule has 0 bridgehead atoms. The van der Waals surface area contributed by atoms with E-state index in [-0.39, 0.29) is 0 Å². The summed E-state index contributed by atoms with van der Waals surface area (Å²) in [5.41, 5.74) is 2.07. The van der Waals surface area contributed by atoms with Crippen molar-refractivity contribution < 1.29 is 4.74 Å². The van der Waals surface area contributed by atoms with Gasteiger partial charge in [-0.3, -0.25) is 4.98 Å². The highest BCUT2D eigenvalue weighted by Crippen LogP contribution is 2.28. The third-order valence-corrected chi connectivity index (χ3v) is 2.16. The molecule has 0 radical (unpaired) electrons. The molecule has 0 amide bonds. The highest BCUT2D eigenvalue weighted by atomic mass is 16.5. The number of nitrogens with zero attached hydrogens (tertiary/aromatic N) is 2. The van der Waals surface area contributed by atoms with Gasteiger partial charge in [0, 0.05) is 25.9 Å². The molecule has 1 aromatic rings. The third-order valence-electron chi connectivity index (χ3n) is 2.16. The van der Waals surface area contributed by atoms with Gasteiger partial charge in [0.2, 0.25) is 0 Å². The number of hydrogen-bond acceptors (Lipinski definition) is 3. The van der Waals surface area contributed by atoms with E-state index in [0.29, 0.717) is 5.92 Å². The van der Waals surface area contributed by atoms with Crippen LogP contribution < -0.4 is 9.64 Å². The van der Waals surface area contributed by atoms with Gasteiger partial charge in [-0.25, -0.2) is 0 Å². The summed E-state index contributed by atoms with van der Waals surface area (Å²) in [6.07, 6.45) is 1.86. The largest absolute Gasteiger partial charge is 0.494 e. The second-order valence-electron chi connectivity index (χ2n) is 3.83. The summed E-state index contributed by atoms with van der Waals surface area (Å²) in [6, 6.07) is 2.00. The lowest BCUT2D eigenvalue weighted by atomic mass is 10.1.